The first kappa shape index (κ1) is 15.9. The molecular formula is C17H29ClN2. The average molecular weight is 297 g/mol. The van der Waals surface area contributed by atoms with Crippen LogP contribution in [0, 0.1) is 11.8 Å². The Morgan fingerprint density at radius 3 is 2.70 bits per heavy atom. The number of hydrogen-bond acceptors (Lipinski definition) is 1. The Morgan fingerprint density at radius 1 is 1.30 bits per heavy atom. The summed E-state index contributed by atoms with van der Waals surface area (Å²) in [6.45, 7) is 6.77. The molecule has 1 aliphatic carbocycles. The summed E-state index contributed by atoms with van der Waals surface area (Å²) in [5, 5.41) is 5.13. The largest absolute Gasteiger partial charge is 0.269 e. The van der Waals surface area contributed by atoms with Gasteiger partial charge >= 0.3 is 0 Å². The number of aromatic nitrogens is 2. The highest BCUT2D eigenvalue weighted by atomic mass is 35.5. The average Bonchev–Trinajstić information content (AvgIpc) is 2.91. The van der Waals surface area contributed by atoms with Crippen LogP contribution in [0.1, 0.15) is 71.0 Å². The molecule has 0 N–H and O–H groups in total. The van der Waals surface area contributed by atoms with Crippen LogP contribution in [0.25, 0.3) is 0 Å². The van der Waals surface area contributed by atoms with Crippen LogP contribution in [0.15, 0.2) is 12.3 Å². The summed E-state index contributed by atoms with van der Waals surface area (Å²) in [7, 11) is 0. The number of halogens is 1. The lowest BCUT2D eigenvalue weighted by atomic mass is 9.78. The van der Waals surface area contributed by atoms with E-state index >= 15 is 0 Å². The molecule has 0 spiro atoms. The Hall–Kier alpha value is -0.500. The van der Waals surface area contributed by atoms with Gasteiger partial charge in [-0.2, -0.15) is 5.10 Å². The van der Waals surface area contributed by atoms with Crippen LogP contribution in [0.5, 0.6) is 0 Å². The number of alkyl halides is 1. The SMILES string of the molecule is CCC1CCC(Cl)C(Cc2ccn(C(CC)CC)n2)C1. The van der Waals surface area contributed by atoms with E-state index in [1.165, 1.54) is 31.4 Å². The fraction of sp³-hybridized carbons (Fsp3) is 0.824. The van der Waals surface area contributed by atoms with Crippen molar-refractivity contribution in [2.75, 3.05) is 0 Å². The fourth-order valence-corrected chi connectivity index (χ4v) is 3.85. The molecule has 0 amide bonds. The van der Waals surface area contributed by atoms with E-state index in [0.29, 0.717) is 17.3 Å². The Bertz CT molecular complexity index is 397. The third-order valence-corrected chi connectivity index (χ3v) is 5.60. The first-order chi connectivity index (χ1) is 9.67. The highest BCUT2D eigenvalue weighted by Gasteiger charge is 2.29. The van der Waals surface area contributed by atoms with E-state index in [2.05, 4.69) is 37.7 Å². The second-order valence-electron chi connectivity index (χ2n) is 6.32. The molecule has 2 rings (SSSR count). The van der Waals surface area contributed by atoms with Gasteiger partial charge in [0.15, 0.2) is 0 Å². The van der Waals surface area contributed by atoms with Gasteiger partial charge in [-0.3, -0.25) is 4.68 Å². The van der Waals surface area contributed by atoms with Crippen LogP contribution in [-0.2, 0) is 6.42 Å². The second kappa shape index (κ2) is 7.49. The van der Waals surface area contributed by atoms with E-state index in [1.807, 2.05) is 0 Å². The Morgan fingerprint density at radius 2 is 2.05 bits per heavy atom. The summed E-state index contributed by atoms with van der Waals surface area (Å²) in [6, 6.07) is 2.74. The van der Waals surface area contributed by atoms with Crippen LogP contribution in [0.4, 0.5) is 0 Å². The zero-order valence-electron chi connectivity index (χ0n) is 13.2. The molecule has 0 aliphatic heterocycles. The Balaban J connectivity index is 1.98. The van der Waals surface area contributed by atoms with Gasteiger partial charge in [0, 0.05) is 11.6 Å². The van der Waals surface area contributed by atoms with Gasteiger partial charge in [-0.15, -0.1) is 11.6 Å². The van der Waals surface area contributed by atoms with Crippen LogP contribution in [-0.4, -0.2) is 15.2 Å². The lowest BCUT2D eigenvalue weighted by Gasteiger charge is -2.32. The molecule has 3 atom stereocenters. The van der Waals surface area contributed by atoms with Crippen molar-refractivity contribution in [3.8, 4) is 0 Å². The molecule has 0 aromatic carbocycles. The maximum absolute atomic E-state index is 6.54. The van der Waals surface area contributed by atoms with Crippen molar-refractivity contribution in [2.24, 2.45) is 11.8 Å². The summed E-state index contributed by atoms with van der Waals surface area (Å²) in [5.41, 5.74) is 1.23. The molecular weight excluding hydrogens is 268 g/mol. The van der Waals surface area contributed by atoms with Crippen molar-refractivity contribution in [2.45, 2.75) is 77.1 Å². The summed E-state index contributed by atoms with van der Waals surface area (Å²) in [4.78, 5) is 0. The van der Waals surface area contributed by atoms with Gasteiger partial charge in [-0.1, -0.05) is 27.2 Å². The molecule has 0 bridgehead atoms. The van der Waals surface area contributed by atoms with Gasteiger partial charge in [0.05, 0.1) is 11.7 Å². The van der Waals surface area contributed by atoms with Gasteiger partial charge in [0.2, 0.25) is 0 Å². The van der Waals surface area contributed by atoms with Crippen molar-refractivity contribution in [1.82, 2.24) is 9.78 Å². The maximum atomic E-state index is 6.54. The minimum Gasteiger partial charge on any atom is -0.269 e. The number of rotatable bonds is 6. The lowest BCUT2D eigenvalue weighted by Crippen LogP contribution is -2.27. The van der Waals surface area contributed by atoms with E-state index in [0.717, 1.165) is 25.2 Å². The van der Waals surface area contributed by atoms with Crippen LogP contribution >= 0.6 is 11.6 Å². The zero-order chi connectivity index (χ0) is 14.5. The number of hydrogen-bond donors (Lipinski definition) is 0. The summed E-state index contributed by atoms with van der Waals surface area (Å²) in [5.74, 6) is 1.48. The van der Waals surface area contributed by atoms with E-state index in [4.69, 9.17) is 16.7 Å². The molecule has 1 saturated carbocycles. The first-order valence-electron chi connectivity index (χ1n) is 8.35. The van der Waals surface area contributed by atoms with Gasteiger partial charge in [0.1, 0.15) is 0 Å². The quantitative estimate of drug-likeness (QED) is 0.658. The molecule has 0 saturated heterocycles. The molecule has 1 heterocycles. The molecule has 3 heteroatoms. The summed E-state index contributed by atoms with van der Waals surface area (Å²) >= 11 is 6.54. The highest BCUT2D eigenvalue weighted by molar-refractivity contribution is 6.20. The first-order valence-corrected chi connectivity index (χ1v) is 8.79. The van der Waals surface area contributed by atoms with Crippen molar-refractivity contribution in [1.29, 1.82) is 0 Å². The molecule has 1 aromatic rings. The molecule has 1 aromatic heterocycles. The molecule has 2 nitrogen and oxygen atoms in total. The topological polar surface area (TPSA) is 17.8 Å². The predicted octanol–water partition coefficient (Wildman–Crippen LogP) is 5.22. The highest BCUT2D eigenvalue weighted by Crippen LogP contribution is 2.36. The standard InChI is InChI=1S/C17H29ClN2/c1-4-13-7-8-17(18)14(11-13)12-15-9-10-20(19-15)16(5-2)6-3/h9-10,13-14,16-17H,4-8,11-12H2,1-3H3. The van der Waals surface area contributed by atoms with Crippen molar-refractivity contribution >= 4 is 11.6 Å². The van der Waals surface area contributed by atoms with Gasteiger partial charge < -0.3 is 0 Å². The zero-order valence-corrected chi connectivity index (χ0v) is 13.9. The summed E-state index contributed by atoms with van der Waals surface area (Å²) < 4.78 is 2.15. The fourth-order valence-electron chi connectivity index (χ4n) is 3.53. The van der Waals surface area contributed by atoms with E-state index in [1.54, 1.807) is 0 Å². The van der Waals surface area contributed by atoms with Gasteiger partial charge in [0.25, 0.3) is 0 Å². The van der Waals surface area contributed by atoms with Crippen molar-refractivity contribution < 1.29 is 0 Å². The molecule has 1 fully saturated rings. The Kier molecular flexibility index (Phi) is 5.95. The monoisotopic (exact) mass is 296 g/mol. The minimum absolute atomic E-state index is 0.344. The Labute approximate surface area is 128 Å². The minimum atomic E-state index is 0.344. The van der Waals surface area contributed by atoms with Crippen LogP contribution in [0.2, 0.25) is 0 Å². The molecule has 114 valence electrons. The van der Waals surface area contributed by atoms with E-state index in [9.17, 15) is 0 Å². The van der Waals surface area contributed by atoms with Crippen molar-refractivity contribution in [3.05, 3.63) is 18.0 Å². The number of nitrogens with zero attached hydrogens (tertiary/aromatic N) is 2. The maximum Gasteiger partial charge on any atom is 0.0628 e. The molecule has 1 aliphatic rings. The smallest absolute Gasteiger partial charge is 0.0628 e. The second-order valence-corrected chi connectivity index (χ2v) is 6.89. The van der Waals surface area contributed by atoms with Gasteiger partial charge in [-0.25, -0.2) is 0 Å². The normalized spacial score (nSPS) is 27.1. The van der Waals surface area contributed by atoms with Crippen LogP contribution in [0.3, 0.4) is 0 Å². The third kappa shape index (κ3) is 3.78. The van der Waals surface area contributed by atoms with Gasteiger partial charge in [-0.05, 0) is 56.4 Å². The molecule has 3 unspecified atom stereocenters. The van der Waals surface area contributed by atoms with Crippen LogP contribution < -0.4 is 0 Å². The van der Waals surface area contributed by atoms with E-state index in [-0.39, 0.29) is 0 Å². The predicted molar refractivity (Wildman–Crippen MR) is 86.3 cm³/mol. The third-order valence-electron chi connectivity index (χ3n) is 5.03. The van der Waals surface area contributed by atoms with E-state index < -0.39 is 0 Å². The lowest BCUT2D eigenvalue weighted by molar-refractivity contribution is 0.263. The molecule has 0 radical (unpaired) electrons. The molecule has 20 heavy (non-hydrogen) atoms. The van der Waals surface area contributed by atoms with Crippen molar-refractivity contribution in [3.63, 3.8) is 0 Å². The summed E-state index contributed by atoms with van der Waals surface area (Å²) in [6.07, 6.45) is 10.6.